The number of hydrogen-bond acceptors (Lipinski definition) is 3. The maximum atomic E-state index is 9.67. The zero-order valence-electron chi connectivity index (χ0n) is 5.50. The minimum Gasteiger partial charge on any atom is -0.393 e. The Bertz CT molecular complexity index is 83.1. The van der Waals surface area contributed by atoms with Crippen LogP contribution in [0.15, 0.2) is 0 Å². The summed E-state index contributed by atoms with van der Waals surface area (Å²) in [7, 11) is 0. The van der Waals surface area contributed by atoms with Gasteiger partial charge in [-0.3, -0.25) is 4.79 Å². The highest BCUT2D eigenvalue weighted by molar-refractivity contribution is 5.51. The van der Waals surface area contributed by atoms with Crippen LogP contribution in [0.4, 0.5) is 0 Å². The molecule has 0 aliphatic carbocycles. The molecule has 1 radical (unpaired) electrons. The summed E-state index contributed by atoms with van der Waals surface area (Å²) in [4.78, 5) is 9.67. The summed E-state index contributed by atoms with van der Waals surface area (Å²) < 4.78 is 0. The predicted molar refractivity (Wildman–Crippen MR) is 34.6 cm³/mol. The average Bonchev–Trinajstić information content (AvgIpc) is 1.63. The first-order valence-corrected chi connectivity index (χ1v) is 2.95. The van der Waals surface area contributed by atoms with Crippen LogP contribution in [-0.2, 0) is 4.79 Å². The van der Waals surface area contributed by atoms with E-state index in [2.05, 4.69) is 0 Å². The minimum atomic E-state index is -0.609. The van der Waals surface area contributed by atoms with Crippen molar-refractivity contribution >= 4 is 6.29 Å². The van der Waals surface area contributed by atoms with Gasteiger partial charge in [-0.05, 0) is 13.3 Å². The molecule has 3 nitrogen and oxygen atoms in total. The molecule has 0 aromatic carbocycles. The van der Waals surface area contributed by atoms with Crippen LogP contribution in [-0.4, -0.2) is 23.5 Å². The van der Waals surface area contributed by atoms with E-state index in [1.165, 1.54) is 0 Å². The van der Waals surface area contributed by atoms with Gasteiger partial charge in [0.2, 0.25) is 6.29 Å². The molecule has 0 spiro atoms. The molecule has 0 aromatic rings. The van der Waals surface area contributed by atoms with Crippen molar-refractivity contribution in [2.24, 2.45) is 5.73 Å². The Balaban J connectivity index is 3.25. The number of aliphatic hydroxyl groups is 1. The summed E-state index contributed by atoms with van der Waals surface area (Å²) in [6.45, 7) is 1.79. The van der Waals surface area contributed by atoms with E-state index in [0.29, 0.717) is 6.42 Å². The highest BCUT2D eigenvalue weighted by Gasteiger charge is 2.05. The molecule has 0 fully saturated rings. The lowest BCUT2D eigenvalue weighted by atomic mass is 10.1. The largest absolute Gasteiger partial charge is 0.393 e. The number of rotatable bonds is 4. The van der Waals surface area contributed by atoms with Crippen molar-refractivity contribution in [3.05, 3.63) is 0 Å². The van der Waals surface area contributed by atoms with Crippen LogP contribution < -0.4 is 5.73 Å². The molecule has 3 N–H and O–H groups in total. The number of aliphatic hydroxyl groups excluding tert-OH is 1. The average molecular weight is 130 g/mol. The second-order valence-corrected chi connectivity index (χ2v) is 2.22. The predicted octanol–water partition coefficient (Wildman–Crippen LogP) is -0.416. The number of carbonyl (C=O) groups excluding carboxylic acids is 1. The summed E-state index contributed by atoms with van der Waals surface area (Å²) in [5.41, 5.74) is 5.33. The van der Waals surface area contributed by atoms with Crippen LogP contribution in [0.25, 0.3) is 0 Å². The molecule has 0 bridgehead atoms. The van der Waals surface area contributed by atoms with E-state index in [9.17, 15) is 4.79 Å². The van der Waals surface area contributed by atoms with Crippen LogP contribution in [0.1, 0.15) is 19.8 Å². The summed E-state index contributed by atoms with van der Waals surface area (Å²) in [6, 6.07) is -0.0478. The standard InChI is InChI=1S/C6H12NO2/c1-5(7)4-6(9)2-3-8/h5-6,9H,2,4,7H2,1H3. The molecule has 0 rings (SSSR count). The van der Waals surface area contributed by atoms with Crippen LogP contribution >= 0.6 is 0 Å². The van der Waals surface area contributed by atoms with Gasteiger partial charge in [0.1, 0.15) is 0 Å². The first kappa shape index (κ1) is 8.59. The molecule has 0 saturated carbocycles. The molecule has 2 atom stereocenters. The molecule has 0 heterocycles. The second-order valence-electron chi connectivity index (χ2n) is 2.22. The van der Waals surface area contributed by atoms with Gasteiger partial charge in [0.25, 0.3) is 0 Å². The van der Waals surface area contributed by atoms with Gasteiger partial charge in [-0.2, -0.15) is 0 Å². The SMILES string of the molecule is CC(N)CC(O)C[C]=O. The van der Waals surface area contributed by atoms with Crippen molar-refractivity contribution in [3.63, 3.8) is 0 Å². The van der Waals surface area contributed by atoms with Crippen molar-refractivity contribution in [3.8, 4) is 0 Å². The van der Waals surface area contributed by atoms with Gasteiger partial charge in [-0.25, -0.2) is 0 Å². The molecule has 53 valence electrons. The Morgan fingerprint density at radius 1 is 1.78 bits per heavy atom. The van der Waals surface area contributed by atoms with Gasteiger partial charge in [-0.15, -0.1) is 0 Å². The van der Waals surface area contributed by atoms with Crippen LogP contribution in [0.2, 0.25) is 0 Å². The van der Waals surface area contributed by atoms with Crippen molar-refractivity contribution in [1.29, 1.82) is 0 Å². The third kappa shape index (κ3) is 5.46. The Kier molecular flexibility index (Phi) is 4.26. The zero-order chi connectivity index (χ0) is 7.28. The molecule has 9 heavy (non-hydrogen) atoms. The molecule has 0 aliphatic heterocycles. The Labute approximate surface area is 54.9 Å². The van der Waals surface area contributed by atoms with Gasteiger partial charge in [0.05, 0.1) is 6.10 Å². The van der Waals surface area contributed by atoms with E-state index in [0.717, 1.165) is 0 Å². The maximum absolute atomic E-state index is 9.67. The minimum absolute atomic E-state index is 0.0478. The molecule has 0 saturated heterocycles. The molecule has 0 amide bonds. The first-order valence-electron chi connectivity index (χ1n) is 2.95. The number of nitrogens with two attached hydrogens (primary N) is 1. The lowest BCUT2D eigenvalue weighted by Gasteiger charge is -2.08. The monoisotopic (exact) mass is 130 g/mol. The van der Waals surface area contributed by atoms with Gasteiger partial charge in [0.15, 0.2) is 0 Å². The van der Waals surface area contributed by atoms with Crippen LogP contribution in [0.5, 0.6) is 0 Å². The molecule has 2 unspecified atom stereocenters. The zero-order valence-corrected chi connectivity index (χ0v) is 5.50. The normalized spacial score (nSPS) is 16.8. The Morgan fingerprint density at radius 2 is 2.33 bits per heavy atom. The topological polar surface area (TPSA) is 63.3 Å². The molecular formula is C6H12NO2. The lowest BCUT2D eigenvalue weighted by Crippen LogP contribution is -2.22. The molecular weight excluding hydrogens is 118 g/mol. The summed E-state index contributed by atoms with van der Waals surface area (Å²) >= 11 is 0. The molecule has 3 heteroatoms. The van der Waals surface area contributed by atoms with Crippen molar-refractivity contribution in [2.75, 3.05) is 0 Å². The Morgan fingerprint density at radius 3 is 2.67 bits per heavy atom. The van der Waals surface area contributed by atoms with Crippen LogP contribution in [0.3, 0.4) is 0 Å². The smallest absolute Gasteiger partial charge is 0.201 e. The number of hydrogen-bond donors (Lipinski definition) is 2. The van der Waals surface area contributed by atoms with Crippen molar-refractivity contribution in [1.82, 2.24) is 0 Å². The fourth-order valence-corrected chi connectivity index (χ4v) is 0.609. The fourth-order valence-electron chi connectivity index (χ4n) is 0.609. The van der Waals surface area contributed by atoms with Gasteiger partial charge >= 0.3 is 0 Å². The third-order valence-electron chi connectivity index (χ3n) is 0.963. The summed E-state index contributed by atoms with van der Waals surface area (Å²) in [5, 5.41) is 8.88. The van der Waals surface area contributed by atoms with Gasteiger partial charge < -0.3 is 10.8 Å². The van der Waals surface area contributed by atoms with Gasteiger partial charge in [0, 0.05) is 12.5 Å². The van der Waals surface area contributed by atoms with E-state index in [1.807, 2.05) is 0 Å². The van der Waals surface area contributed by atoms with Crippen molar-refractivity contribution in [2.45, 2.75) is 31.9 Å². The molecule has 0 aliphatic rings. The highest BCUT2D eigenvalue weighted by Crippen LogP contribution is 1.97. The summed E-state index contributed by atoms with van der Waals surface area (Å²) in [5.74, 6) is 0. The molecule has 0 aromatic heterocycles. The van der Waals surface area contributed by atoms with E-state index in [4.69, 9.17) is 10.8 Å². The second kappa shape index (κ2) is 4.47. The van der Waals surface area contributed by atoms with Crippen LogP contribution in [0, 0.1) is 0 Å². The lowest BCUT2D eigenvalue weighted by molar-refractivity contribution is 0.164. The van der Waals surface area contributed by atoms with E-state index >= 15 is 0 Å². The first-order chi connectivity index (χ1) is 4.16. The fraction of sp³-hybridized carbons (Fsp3) is 0.833. The van der Waals surface area contributed by atoms with Gasteiger partial charge in [-0.1, -0.05) is 0 Å². The quantitative estimate of drug-likeness (QED) is 0.543. The van der Waals surface area contributed by atoms with E-state index in [-0.39, 0.29) is 12.5 Å². The Hall–Kier alpha value is -0.410. The van der Waals surface area contributed by atoms with E-state index < -0.39 is 6.10 Å². The highest BCUT2D eigenvalue weighted by atomic mass is 16.3. The third-order valence-corrected chi connectivity index (χ3v) is 0.963. The maximum Gasteiger partial charge on any atom is 0.201 e. The van der Waals surface area contributed by atoms with E-state index in [1.54, 1.807) is 13.2 Å². The van der Waals surface area contributed by atoms with Crippen molar-refractivity contribution < 1.29 is 9.90 Å². The summed E-state index contributed by atoms with van der Waals surface area (Å²) in [6.07, 6.45) is 1.55.